The standard InChI is InChI=1S/C18H18N4O3/c1-12(2)19-15(23)11-22-14(9-6-10-16(22)24)18-20-17(21-25-18)13-7-4-3-5-8-13/h3-10,12H,11H2,1-2H3,(H,19,23). The van der Waals surface area contributed by atoms with Crippen LogP contribution in [-0.2, 0) is 11.3 Å². The number of pyridine rings is 1. The maximum atomic E-state index is 12.2. The van der Waals surface area contributed by atoms with Crippen molar-refractivity contribution in [2.24, 2.45) is 0 Å². The van der Waals surface area contributed by atoms with Gasteiger partial charge in [0.1, 0.15) is 12.2 Å². The van der Waals surface area contributed by atoms with Crippen LogP contribution in [0.3, 0.4) is 0 Å². The molecule has 0 aliphatic heterocycles. The Morgan fingerprint density at radius 3 is 2.64 bits per heavy atom. The number of rotatable bonds is 5. The fourth-order valence-corrected chi connectivity index (χ4v) is 2.41. The molecule has 7 heteroatoms. The smallest absolute Gasteiger partial charge is 0.274 e. The first-order valence-corrected chi connectivity index (χ1v) is 7.93. The van der Waals surface area contributed by atoms with Crippen molar-refractivity contribution in [3.63, 3.8) is 0 Å². The van der Waals surface area contributed by atoms with Crippen molar-refractivity contribution in [2.45, 2.75) is 26.4 Å². The molecule has 0 unspecified atom stereocenters. The summed E-state index contributed by atoms with van der Waals surface area (Å²) in [4.78, 5) is 28.6. The molecule has 2 aromatic heterocycles. The molecule has 0 radical (unpaired) electrons. The SMILES string of the molecule is CC(C)NC(=O)Cn1c(-c2nc(-c3ccccc3)no2)cccc1=O. The number of hydrogen-bond acceptors (Lipinski definition) is 5. The highest BCUT2D eigenvalue weighted by atomic mass is 16.5. The molecule has 0 aliphatic carbocycles. The van der Waals surface area contributed by atoms with Gasteiger partial charge in [0.05, 0.1) is 0 Å². The summed E-state index contributed by atoms with van der Waals surface area (Å²) in [5, 5.41) is 6.72. The minimum absolute atomic E-state index is 0.0107. The first-order chi connectivity index (χ1) is 12.0. The highest BCUT2D eigenvalue weighted by Crippen LogP contribution is 2.21. The van der Waals surface area contributed by atoms with E-state index in [4.69, 9.17) is 4.52 Å². The highest BCUT2D eigenvalue weighted by Gasteiger charge is 2.16. The van der Waals surface area contributed by atoms with Crippen LogP contribution < -0.4 is 10.9 Å². The van der Waals surface area contributed by atoms with Gasteiger partial charge in [-0.2, -0.15) is 4.98 Å². The summed E-state index contributed by atoms with van der Waals surface area (Å²) in [6, 6.07) is 14.0. The highest BCUT2D eigenvalue weighted by molar-refractivity contribution is 5.76. The number of nitrogens with zero attached hydrogens (tertiary/aromatic N) is 3. The molecule has 1 amide bonds. The van der Waals surface area contributed by atoms with E-state index >= 15 is 0 Å². The molecule has 0 fully saturated rings. The molecule has 0 spiro atoms. The lowest BCUT2D eigenvalue weighted by Crippen LogP contribution is -2.36. The minimum Gasteiger partial charge on any atom is -0.352 e. The van der Waals surface area contributed by atoms with E-state index in [1.54, 1.807) is 12.1 Å². The summed E-state index contributed by atoms with van der Waals surface area (Å²) >= 11 is 0. The molecule has 0 saturated carbocycles. The van der Waals surface area contributed by atoms with Crippen LogP contribution in [0.5, 0.6) is 0 Å². The Balaban J connectivity index is 1.95. The van der Waals surface area contributed by atoms with Gasteiger partial charge in [0.2, 0.25) is 11.7 Å². The van der Waals surface area contributed by atoms with Crippen molar-refractivity contribution in [1.29, 1.82) is 0 Å². The van der Waals surface area contributed by atoms with Crippen molar-refractivity contribution in [1.82, 2.24) is 20.0 Å². The summed E-state index contributed by atoms with van der Waals surface area (Å²) in [7, 11) is 0. The van der Waals surface area contributed by atoms with Crippen LogP contribution in [0.1, 0.15) is 13.8 Å². The average molecular weight is 338 g/mol. The molecule has 1 N–H and O–H groups in total. The lowest BCUT2D eigenvalue weighted by atomic mass is 10.2. The summed E-state index contributed by atoms with van der Waals surface area (Å²) < 4.78 is 6.63. The zero-order valence-corrected chi connectivity index (χ0v) is 14.0. The third-order valence-corrected chi connectivity index (χ3v) is 3.48. The normalized spacial score (nSPS) is 10.8. The molecular weight excluding hydrogens is 320 g/mol. The van der Waals surface area contributed by atoms with E-state index in [9.17, 15) is 9.59 Å². The second-order valence-corrected chi connectivity index (χ2v) is 5.85. The number of hydrogen-bond donors (Lipinski definition) is 1. The molecule has 0 bridgehead atoms. The van der Waals surface area contributed by atoms with Gasteiger partial charge in [-0.25, -0.2) is 0 Å². The van der Waals surface area contributed by atoms with Crippen molar-refractivity contribution in [3.8, 4) is 23.0 Å². The van der Waals surface area contributed by atoms with Gasteiger partial charge in [0.15, 0.2) is 0 Å². The summed E-state index contributed by atoms with van der Waals surface area (Å²) in [5.74, 6) is 0.353. The third kappa shape index (κ3) is 3.82. The van der Waals surface area contributed by atoms with Gasteiger partial charge in [-0.1, -0.05) is 41.6 Å². The van der Waals surface area contributed by atoms with E-state index < -0.39 is 0 Å². The van der Waals surface area contributed by atoms with E-state index in [0.717, 1.165) is 5.56 Å². The molecule has 3 rings (SSSR count). The molecule has 25 heavy (non-hydrogen) atoms. The van der Waals surface area contributed by atoms with Crippen LogP contribution in [0.25, 0.3) is 23.0 Å². The fraction of sp³-hybridized carbons (Fsp3) is 0.222. The lowest BCUT2D eigenvalue weighted by Gasteiger charge is -2.12. The second kappa shape index (κ2) is 7.12. The molecule has 128 valence electrons. The Labute approximate surface area is 144 Å². The van der Waals surface area contributed by atoms with Crippen LogP contribution in [0.4, 0.5) is 0 Å². The predicted molar refractivity (Wildman–Crippen MR) is 92.7 cm³/mol. The molecule has 0 atom stereocenters. The molecule has 2 heterocycles. The van der Waals surface area contributed by atoms with E-state index in [-0.39, 0.29) is 29.9 Å². The first-order valence-electron chi connectivity index (χ1n) is 7.93. The number of aromatic nitrogens is 3. The molecule has 1 aromatic carbocycles. The second-order valence-electron chi connectivity index (χ2n) is 5.85. The van der Waals surface area contributed by atoms with E-state index in [1.165, 1.54) is 10.6 Å². The van der Waals surface area contributed by atoms with Gasteiger partial charge in [0, 0.05) is 17.7 Å². The van der Waals surface area contributed by atoms with E-state index in [2.05, 4.69) is 15.5 Å². The molecule has 7 nitrogen and oxygen atoms in total. The molecule has 0 saturated heterocycles. The van der Waals surface area contributed by atoms with Crippen LogP contribution in [0, 0.1) is 0 Å². The van der Waals surface area contributed by atoms with Crippen molar-refractivity contribution < 1.29 is 9.32 Å². The van der Waals surface area contributed by atoms with Crippen LogP contribution in [-0.4, -0.2) is 26.7 Å². The van der Waals surface area contributed by atoms with Crippen molar-refractivity contribution in [2.75, 3.05) is 0 Å². The van der Waals surface area contributed by atoms with Crippen LogP contribution >= 0.6 is 0 Å². The fourth-order valence-electron chi connectivity index (χ4n) is 2.41. The zero-order valence-electron chi connectivity index (χ0n) is 14.0. The Kier molecular flexibility index (Phi) is 4.74. The number of nitrogens with one attached hydrogen (secondary N) is 1. The van der Waals surface area contributed by atoms with Gasteiger partial charge >= 0.3 is 0 Å². The number of carbonyl (C=O) groups is 1. The van der Waals surface area contributed by atoms with Crippen molar-refractivity contribution in [3.05, 3.63) is 58.9 Å². The van der Waals surface area contributed by atoms with E-state index in [1.807, 2.05) is 44.2 Å². The zero-order chi connectivity index (χ0) is 17.8. The molecular formula is C18H18N4O3. The molecule has 3 aromatic rings. The monoisotopic (exact) mass is 338 g/mol. The summed E-state index contributed by atoms with van der Waals surface area (Å²) in [6.45, 7) is 3.60. The van der Waals surface area contributed by atoms with Gasteiger partial charge in [-0.3, -0.25) is 14.2 Å². The van der Waals surface area contributed by atoms with Crippen LogP contribution in [0.15, 0.2) is 57.8 Å². The Morgan fingerprint density at radius 2 is 1.92 bits per heavy atom. The van der Waals surface area contributed by atoms with Crippen molar-refractivity contribution >= 4 is 5.91 Å². The maximum absolute atomic E-state index is 12.2. The number of amides is 1. The maximum Gasteiger partial charge on any atom is 0.274 e. The Bertz CT molecular complexity index is 929. The average Bonchev–Trinajstić information content (AvgIpc) is 3.06. The number of carbonyl (C=O) groups excluding carboxylic acids is 1. The quantitative estimate of drug-likeness (QED) is 0.769. The van der Waals surface area contributed by atoms with Gasteiger partial charge in [-0.15, -0.1) is 0 Å². The first kappa shape index (κ1) is 16.6. The molecule has 0 aliphatic rings. The summed E-state index contributed by atoms with van der Waals surface area (Å²) in [6.07, 6.45) is 0. The van der Waals surface area contributed by atoms with Gasteiger partial charge in [0.25, 0.3) is 11.4 Å². The predicted octanol–water partition coefficient (Wildman–Crippen LogP) is 2.09. The van der Waals surface area contributed by atoms with Gasteiger partial charge in [-0.05, 0) is 19.9 Å². The minimum atomic E-state index is -0.309. The third-order valence-electron chi connectivity index (χ3n) is 3.48. The van der Waals surface area contributed by atoms with Crippen LogP contribution in [0.2, 0.25) is 0 Å². The largest absolute Gasteiger partial charge is 0.352 e. The Morgan fingerprint density at radius 1 is 1.16 bits per heavy atom. The Hall–Kier alpha value is -3.22. The van der Waals surface area contributed by atoms with Gasteiger partial charge < -0.3 is 9.84 Å². The topological polar surface area (TPSA) is 90.0 Å². The van der Waals surface area contributed by atoms with E-state index in [0.29, 0.717) is 11.5 Å². The number of benzene rings is 1. The lowest BCUT2D eigenvalue weighted by molar-refractivity contribution is -0.122. The summed E-state index contributed by atoms with van der Waals surface area (Å²) in [5.41, 5.74) is 0.900.